The summed E-state index contributed by atoms with van der Waals surface area (Å²) in [5.74, 6) is 0.823. The lowest BCUT2D eigenvalue weighted by Gasteiger charge is -2.25. The molecule has 0 radical (unpaired) electrons. The van der Waals surface area contributed by atoms with Crippen LogP contribution in [0.3, 0.4) is 0 Å². The normalized spacial score (nSPS) is 13.9. The molecule has 4 heterocycles. The van der Waals surface area contributed by atoms with Crippen molar-refractivity contribution in [1.82, 2.24) is 19.1 Å². The average molecular weight is 719 g/mol. The number of benzene rings is 7. The molecule has 5 nitrogen and oxygen atoms in total. The summed E-state index contributed by atoms with van der Waals surface area (Å²) in [6.45, 7) is 2.36. The van der Waals surface area contributed by atoms with Crippen LogP contribution in [-0.2, 0) is 6.42 Å². The summed E-state index contributed by atoms with van der Waals surface area (Å²) in [7, 11) is 0. The van der Waals surface area contributed by atoms with Crippen LogP contribution in [-0.4, -0.2) is 19.1 Å². The number of para-hydroxylation sites is 4. The van der Waals surface area contributed by atoms with Gasteiger partial charge in [-0.15, -0.1) is 0 Å². The zero-order valence-electron chi connectivity index (χ0n) is 30.6. The lowest BCUT2D eigenvalue weighted by molar-refractivity contribution is 0.669. The number of fused-ring (bicyclic) bond motifs is 12. The summed E-state index contributed by atoms with van der Waals surface area (Å²) < 4.78 is 11.4. The van der Waals surface area contributed by atoms with Crippen LogP contribution in [0.1, 0.15) is 24.1 Å². The lowest BCUT2D eigenvalue weighted by Crippen LogP contribution is -2.15. The van der Waals surface area contributed by atoms with Gasteiger partial charge in [-0.05, 0) is 65.6 Å². The predicted octanol–water partition coefficient (Wildman–Crippen LogP) is 13.1. The van der Waals surface area contributed by atoms with Crippen molar-refractivity contribution in [2.24, 2.45) is 0 Å². The molecule has 1 aliphatic carbocycles. The highest BCUT2D eigenvalue weighted by molar-refractivity contribution is 6.22. The van der Waals surface area contributed by atoms with Crippen molar-refractivity contribution in [1.29, 1.82) is 0 Å². The van der Waals surface area contributed by atoms with Crippen LogP contribution in [0.25, 0.3) is 99.9 Å². The molecule has 0 saturated heterocycles. The molecule has 56 heavy (non-hydrogen) atoms. The highest BCUT2D eigenvalue weighted by atomic mass is 16.3. The maximum absolute atomic E-state index is 6.57. The molecule has 0 saturated carbocycles. The minimum absolute atomic E-state index is 0.164. The fourth-order valence-corrected chi connectivity index (χ4v) is 9.39. The summed E-state index contributed by atoms with van der Waals surface area (Å²) in [5.41, 5.74) is 15.4. The molecule has 11 aromatic rings. The largest absolute Gasteiger partial charge is 0.456 e. The Morgan fingerprint density at radius 3 is 2.02 bits per heavy atom. The summed E-state index contributed by atoms with van der Waals surface area (Å²) in [6, 6.07) is 60.1. The van der Waals surface area contributed by atoms with Crippen LogP contribution in [0.4, 0.5) is 0 Å². The maximum atomic E-state index is 6.57. The van der Waals surface area contributed by atoms with E-state index >= 15 is 0 Å². The van der Waals surface area contributed by atoms with E-state index in [1.54, 1.807) is 0 Å². The molecule has 264 valence electrons. The van der Waals surface area contributed by atoms with E-state index in [1.807, 2.05) is 6.07 Å². The van der Waals surface area contributed by atoms with Gasteiger partial charge in [0.15, 0.2) is 0 Å². The first-order valence-corrected chi connectivity index (χ1v) is 19.3. The van der Waals surface area contributed by atoms with Crippen molar-refractivity contribution >= 4 is 54.6 Å². The van der Waals surface area contributed by atoms with Gasteiger partial charge in [0, 0.05) is 50.0 Å². The SMILES string of the molecule is CC1Cc2c(n(-c3ccccc3)c3ccccc23)-c2c1n(-c1nc(-c3ccc(-c4ccccc4)cc3)c3ccccc3n1)c1c2ccc2oc3ccccc3c21. The van der Waals surface area contributed by atoms with Crippen molar-refractivity contribution in [2.75, 3.05) is 0 Å². The third-order valence-electron chi connectivity index (χ3n) is 11.8. The third kappa shape index (κ3) is 4.42. The standard InChI is InChI=1S/C51H34N4O/c1-31-30-40-36-18-9-12-22-42(36)54(35-16-6-3-7-17-35)50(40)46-39-28-29-44-45(38-20-10-13-23-43(38)56-44)49(39)55(48(31)46)51-52-41-21-11-8-19-37(41)47(53-51)34-26-24-33(25-27-34)32-14-4-2-5-15-32/h2-29,31H,30H2,1H3. The summed E-state index contributed by atoms with van der Waals surface area (Å²) in [4.78, 5) is 11.0. The molecule has 5 heteroatoms. The van der Waals surface area contributed by atoms with Crippen LogP contribution >= 0.6 is 0 Å². The van der Waals surface area contributed by atoms with Gasteiger partial charge in [-0.2, -0.15) is 0 Å². The van der Waals surface area contributed by atoms with Gasteiger partial charge in [0.25, 0.3) is 0 Å². The Bertz CT molecular complexity index is 3330. The zero-order chi connectivity index (χ0) is 36.9. The van der Waals surface area contributed by atoms with Gasteiger partial charge in [0.05, 0.1) is 33.3 Å². The Kier molecular flexibility index (Phi) is 6.61. The van der Waals surface area contributed by atoms with Gasteiger partial charge in [0.1, 0.15) is 11.2 Å². The number of hydrogen-bond donors (Lipinski definition) is 0. The van der Waals surface area contributed by atoms with Crippen molar-refractivity contribution < 1.29 is 4.42 Å². The van der Waals surface area contributed by atoms with E-state index < -0.39 is 0 Å². The van der Waals surface area contributed by atoms with Gasteiger partial charge in [-0.1, -0.05) is 134 Å². The monoisotopic (exact) mass is 718 g/mol. The van der Waals surface area contributed by atoms with E-state index in [9.17, 15) is 0 Å². The van der Waals surface area contributed by atoms with Gasteiger partial charge >= 0.3 is 0 Å². The molecule has 4 aromatic heterocycles. The number of aromatic nitrogens is 4. The molecule has 1 atom stereocenters. The van der Waals surface area contributed by atoms with Crippen molar-refractivity contribution in [3.63, 3.8) is 0 Å². The number of nitrogens with zero attached hydrogens (tertiary/aromatic N) is 4. The van der Waals surface area contributed by atoms with Gasteiger partial charge in [-0.3, -0.25) is 4.57 Å². The second-order valence-corrected chi connectivity index (χ2v) is 15.0. The van der Waals surface area contributed by atoms with E-state index in [0.29, 0.717) is 5.95 Å². The summed E-state index contributed by atoms with van der Waals surface area (Å²) >= 11 is 0. The maximum Gasteiger partial charge on any atom is 0.235 e. The van der Waals surface area contributed by atoms with Crippen LogP contribution in [0, 0.1) is 0 Å². The Morgan fingerprint density at radius 1 is 0.536 bits per heavy atom. The van der Waals surface area contributed by atoms with E-state index in [1.165, 1.54) is 44.5 Å². The van der Waals surface area contributed by atoms with E-state index in [-0.39, 0.29) is 5.92 Å². The smallest absolute Gasteiger partial charge is 0.235 e. The quantitative estimate of drug-likeness (QED) is 0.182. The van der Waals surface area contributed by atoms with E-state index in [4.69, 9.17) is 14.4 Å². The third-order valence-corrected chi connectivity index (χ3v) is 11.8. The fraction of sp³-hybridized carbons (Fsp3) is 0.0588. The van der Waals surface area contributed by atoms with Crippen LogP contribution in [0.15, 0.2) is 174 Å². The molecular weight excluding hydrogens is 685 g/mol. The topological polar surface area (TPSA) is 48.8 Å². The molecule has 0 spiro atoms. The molecule has 0 bridgehead atoms. The van der Waals surface area contributed by atoms with Crippen molar-refractivity contribution in [2.45, 2.75) is 19.3 Å². The van der Waals surface area contributed by atoms with Crippen molar-refractivity contribution in [3.8, 4) is 45.3 Å². The molecule has 0 amide bonds. The average Bonchev–Trinajstić information content (AvgIpc) is 3.92. The van der Waals surface area contributed by atoms with Gasteiger partial charge in [-0.25, -0.2) is 9.97 Å². The second kappa shape index (κ2) is 11.9. The van der Waals surface area contributed by atoms with Crippen molar-refractivity contribution in [3.05, 3.63) is 181 Å². The molecule has 1 unspecified atom stereocenters. The first kappa shape index (κ1) is 31.1. The second-order valence-electron chi connectivity index (χ2n) is 15.0. The fourth-order valence-electron chi connectivity index (χ4n) is 9.39. The Morgan fingerprint density at radius 2 is 1.20 bits per heavy atom. The lowest BCUT2D eigenvalue weighted by atomic mass is 9.85. The molecule has 12 rings (SSSR count). The van der Waals surface area contributed by atoms with Crippen LogP contribution in [0.5, 0.6) is 0 Å². The molecule has 1 aliphatic rings. The highest BCUT2D eigenvalue weighted by Gasteiger charge is 2.36. The number of furan rings is 1. The van der Waals surface area contributed by atoms with E-state index in [2.05, 4.69) is 180 Å². The summed E-state index contributed by atoms with van der Waals surface area (Å²) in [6.07, 6.45) is 0.885. The Labute approximate surface area is 322 Å². The summed E-state index contributed by atoms with van der Waals surface area (Å²) in [5, 5.41) is 5.64. The zero-order valence-corrected chi connectivity index (χ0v) is 30.6. The molecule has 0 fully saturated rings. The Hall–Kier alpha value is -7.24. The van der Waals surface area contributed by atoms with Gasteiger partial charge < -0.3 is 8.98 Å². The number of rotatable bonds is 4. The highest BCUT2D eigenvalue weighted by Crippen LogP contribution is 2.52. The Balaban J connectivity index is 1.21. The molecule has 7 aromatic carbocycles. The molecular formula is C51H34N4O. The minimum atomic E-state index is 0.164. The minimum Gasteiger partial charge on any atom is -0.456 e. The molecule has 0 N–H and O–H groups in total. The van der Waals surface area contributed by atoms with Crippen LogP contribution in [0.2, 0.25) is 0 Å². The van der Waals surface area contributed by atoms with Gasteiger partial charge in [0.2, 0.25) is 5.95 Å². The van der Waals surface area contributed by atoms with Crippen LogP contribution < -0.4 is 0 Å². The number of hydrogen-bond acceptors (Lipinski definition) is 3. The molecule has 0 aliphatic heterocycles. The first-order valence-electron chi connectivity index (χ1n) is 19.3. The van der Waals surface area contributed by atoms with E-state index in [0.717, 1.165) is 67.1 Å². The predicted molar refractivity (Wildman–Crippen MR) is 229 cm³/mol. The first-order chi connectivity index (χ1) is 27.7.